The van der Waals surface area contributed by atoms with E-state index in [-0.39, 0.29) is 0 Å². The van der Waals surface area contributed by atoms with Crippen LogP contribution < -0.4 is 0 Å². The van der Waals surface area contributed by atoms with E-state index in [0.29, 0.717) is 23.0 Å². The molecule has 0 saturated heterocycles. The molecule has 0 aliphatic carbocycles. The molecule has 6 nitrogen and oxygen atoms in total. The second-order valence-corrected chi connectivity index (χ2v) is 8.88. The standard InChI is InChI=1S/C22H20N4O2S/c1-16-24-25-22(26(16)15-17-6-4-3-5-7-17)21-14-19(12-13-23-21)18-8-10-20(11-9-18)29(2,27)28/h3-14H,15H2,1-2H3. The molecule has 0 spiro atoms. The summed E-state index contributed by atoms with van der Waals surface area (Å²) in [6.45, 7) is 2.58. The van der Waals surface area contributed by atoms with Crippen molar-refractivity contribution >= 4 is 10.2 Å². The molecule has 7 heteroatoms. The monoisotopic (exact) mass is 404 g/mol. The molecule has 0 aliphatic heterocycles. The number of sulfone groups is 1. The molecule has 0 radical (unpaired) electrons. The van der Waals surface area contributed by atoms with Crippen LogP contribution in [0.2, 0.25) is 0 Å². The van der Waals surface area contributed by atoms with Gasteiger partial charge in [0.15, 0.2) is 10.7 Å². The predicted octanol–water partition coefficient (Wildman–Crippen LogP) is 3.98. The first kappa shape index (κ1) is 19.2. The van der Waals surface area contributed by atoms with Crippen LogP contribution in [0, 0.1) is 6.92 Å². The summed E-state index contributed by atoms with van der Waals surface area (Å²) >= 11 is 0. The molecule has 4 rings (SSSR count). The number of hydrogen-bond acceptors (Lipinski definition) is 5. The highest BCUT2D eigenvalue weighted by atomic mass is 32.3. The minimum absolute atomic E-state index is 0.300. The van der Waals surface area contributed by atoms with E-state index < -0.39 is 10.2 Å². The molecule has 1 atom stereocenters. The number of nitrogens with zero attached hydrogens (tertiary/aromatic N) is 4. The number of pyridine rings is 1. The molecule has 2 aromatic carbocycles. The summed E-state index contributed by atoms with van der Waals surface area (Å²) in [7, 11) is -3.22. The lowest BCUT2D eigenvalue weighted by Crippen LogP contribution is -2.06. The van der Waals surface area contributed by atoms with Crippen LogP contribution in [0.3, 0.4) is 0 Å². The van der Waals surface area contributed by atoms with E-state index in [4.69, 9.17) is 0 Å². The minimum Gasteiger partial charge on any atom is -0.610 e. The van der Waals surface area contributed by atoms with Crippen molar-refractivity contribution in [2.75, 3.05) is 6.26 Å². The van der Waals surface area contributed by atoms with Gasteiger partial charge >= 0.3 is 0 Å². The largest absolute Gasteiger partial charge is 0.610 e. The van der Waals surface area contributed by atoms with Crippen molar-refractivity contribution in [3.8, 4) is 22.6 Å². The molecule has 0 fully saturated rings. The molecule has 29 heavy (non-hydrogen) atoms. The van der Waals surface area contributed by atoms with Crippen molar-refractivity contribution < 1.29 is 8.76 Å². The van der Waals surface area contributed by atoms with Crippen LogP contribution in [0.1, 0.15) is 11.4 Å². The van der Waals surface area contributed by atoms with Crippen LogP contribution in [0.15, 0.2) is 77.8 Å². The Morgan fingerprint density at radius 3 is 2.38 bits per heavy atom. The number of benzene rings is 2. The number of hydrogen-bond donors (Lipinski definition) is 0. The fourth-order valence-corrected chi connectivity index (χ4v) is 3.78. The lowest BCUT2D eigenvalue weighted by molar-refractivity contribution is 0.484. The van der Waals surface area contributed by atoms with E-state index in [2.05, 4.69) is 27.3 Å². The van der Waals surface area contributed by atoms with Gasteiger partial charge in [-0.25, -0.2) is 0 Å². The quantitative estimate of drug-likeness (QED) is 0.470. The first-order valence-corrected chi connectivity index (χ1v) is 11.0. The molecular formula is C22H20N4O2S. The van der Waals surface area contributed by atoms with Crippen LogP contribution in [-0.4, -0.2) is 30.6 Å². The number of rotatable bonds is 5. The summed E-state index contributed by atoms with van der Waals surface area (Å²) < 4.78 is 25.4. The minimum atomic E-state index is -3.22. The van der Waals surface area contributed by atoms with E-state index in [9.17, 15) is 8.76 Å². The van der Waals surface area contributed by atoms with Gasteiger partial charge in [0, 0.05) is 6.20 Å². The topological polar surface area (TPSA) is 83.7 Å². The maximum Gasteiger partial charge on any atom is 0.182 e. The van der Waals surface area contributed by atoms with Gasteiger partial charge in [-0.1, -0.05) is 30.3 Å². The van der Waals surface area contributed by atoms with E-state index in [1.807, 2.05) is 41.8 Å². The lowest BCUT2D eigenvalue weighted by Gasteiger charge is -2.11. The number of aryl methyl sites for hydroxylation is 1. The van der Waals surface area contributed by atoms with Crippen molar-refractivity contribution in [1.29, 1.82) is 0 Å². The third-order valence-electron chi connectivity index (χ3n) is 4.72. The normalized spacial score (nSPS) is 13.2. The molecule has 0 N–H and O–H groups in total. The van der Waals surface area contributed by atoms with Gasteiger partial charge in [0.05, 0.1) is 16.8 Å². The van der Waals surface area contributed by atoms with Crippen LogP contribution in [0.4, 0.5) is 0 Å². The molecule has 2 aromatic heterocycles. The van der Waals surface area contributed by atoms with Gasteiger partial charge < -0.3 is 9.12 Å². The SMILES string of the molecule is Cc1nnc(-c2cc(-c3ccc([S+](C)(=O)[O-])cc3)ccn2)n1Cc1ccccc1. The molecule has 0 saturated carbocycles. The third kappa shape index (κ3) is 4.16. The molecular weight excluding hydrogens is 384 g/mol. The Morgan fingerprint density at radius 1 is 0.966 bits per heavy atom. The predicted molar refractivity (Wildman–Crippen MR) is 112 cm³/mol. The molecule has 4 aromatic rings. The van der Waals surface area contributed by atoms with Gasteiger partial charge in [-0.15, -0.1) is 14.4 Å². The molecule has 2 heterocycles. The Bertz CT molecular complexity index is 1180. The summed E-state index contributed by atoms with van der Waals surface area (Å²) in [6.07, 6.45) is 2.93. The van der Waals surface area contributed by atoms with Crippen LogP contribution >= 0.6 is 0 Å². The average molecular weight is 404 g/mol. The summed E-state index contributed by atoms with van der Waals surface area (Å²) in [5.74, 6) is 1.51. The highest BCUT2D eigenvalue weighted by molar-refractivity contribution is 7.97. The van der Waals surface area contributed by atoms with Gasteiger partial charge in [0.25, 0.3) is 0 Å². The van der Waals surface area contributed by atoms with Gasteiger partial charge in [0.1, 0.15) is 17.8 Å². The molecule has 0 bridgehead atoms. The second kappa shape index (κ2) is 7.69. The number of aromatic nitrogens is 4. The van der Waals surface area contributed by atoms with Crippen molar-refractivity contribution in [2.45, 2.75) is 18.4 Å². The zero-order valence-corrected chi connectivity index (χ0v) is 17.0. The Labute approximate surface area is 170 Å². The van der Waals surface area contributed by atoms with Crippen molar-refractivity contribution in [2.24, 2.45) is 0 Å². The van der Waals surface area contributed by atoms with Gasteiger partial charge in [-0.3, -0.25) is 4.98 Å². The first-order chi connectivity index (χ1) is 13.9. The van der Waals surface area contributed by atoms with Crippen LogP contribution in [0.25, 0.3) is 22.6 Å². The van der Waals surface area contributed by atoms with Crippen molar-refractivity contribution in [3.63, 3.8) is 0 Å². The fourth-order valence-electron chi connectivity index (χ4n) is 3.15. The Balaban J connectivity index is 1.69. The average Bonchev–Trinajstić information content (AvgIpc) is 3.09. The van der Waals surface area contributed by atoms with E-state index in [1.54, 1.807) is 30.5 Å². The third-order valence-corrected chi connectivity index (χ3v) is 5.85. The molecule has 0 amide bonds. The maximum atomic E-state index is 11.7. The highest BCUT2D eigenvalue weighted by Gasteiger charge is 2.15. The summed E-state index contributed by atoms with van der Waals surface area (Å²) in [4.78, 5) is 4.79. The van der Waals surface area contributed by atoms with Gasteiger partial charge in [-0.05, 0) is 60.0 Å². The highest BCUT2D eigenvalue weighted by Crippen LogP contribution is 2.26. The van der Waals surface area contributed by atoms with Gasteiger partial charge in [-0.2, -0.15) is 0 Å². The lowest BCUT2D eigenvalue weighted by atomic mass is 10.1. The molecule has 146 valence electrons. The maximum absolute atomic E-state index is 11.7. The summed E-state index contributed by atoms with van der Waals surface area (Å²) in [5.41, 5.74) is 3.71. The van der Waals surface area contributed by atoms with Crippen LogP contribution in [0.5, 0.6) is 0 Å². The Kier molecular flexibility index (Phi) is 5.08. The fraction of sp³-hybridized carbons (Fsp3) is 0.136. The van der Waals surface area contributed by atoms with E-state index >= 15 is 0 Å². The van der Waals surface area contributed by atoms with E-state index in [0.717, 1.165) is 22.5 Å². The van der Waals surface area contributed by atoms with Crippen molar-refractivity contribution in [1.82, 2.24) is 19.7 Å². The van der Waals surface area contributed by atoms with Crippen LogP contribution in [-0.2, 0) is 21.0 Å². The Morgan fingerprint density at radius 2 is 1.69 bits per heavy atom. The molecule has 1 unspecified atom stereocenters. The van der Waals surface area contributed by atoms with Gasteiger partial charge in [0.2, 0.25) is 0 Å². The molecule has 0 aliphatic rings. The zero-order valence-electron chi connectivity index (χ0n) is 16.1. The first-order valence-electron chi connectivity index (χ1n) is 9.12. The Hall–Kier alpha value is -3.16. The smallest absolute Gasteiger partial charge is 0.182 e. The zero-order chi connectivity index (χ0) is 20.4. The summed E-state index contributed by atoms with van der Waals surface area (Å²) in [6, 6.07) is 20.8. The second-order valence-electron chi connectivity index (χ2n) is 6.87. The van der Waals surface area contributed by atoms with Crippen molar-refractivity contribution in [3.05, 3.63) is 84.3 Å². The van der Waals surface area contributed by atoms with E-state index in [1.165, 1.54) is 6.26 Å². The summed E-state index contributed by atoms with van der Waals surface area (Å²) in [5, 5.41) is 8.57.